The normalized spacial score (nSPS) is 10.9. The molecule has 0 N–H and O–H groups in total. The van der Waals surface area contributed by atoms with Gasteiger partial charge >= 0.3 is 0 Å². The van der Waals surface area contributed by atoms with Crippen molar-refractivity contribution in [2.24, 2.45) is 0 Å². The van der Waals surface area contributed by atoms with Gasteiger partial charge in [-0.3, -0.25) is 0 Å². The second-order valence-electron chi connectivity index (χ2n) is 3.60. The fourth-order valence-electron chi connectivity index (χ4n) is 1.58. The van der Waals surface area contributed by atoms with E-state index in [1.807, 2.05) is 18.2 Å². The van der Waals surface area contributed by atoms with E-state index in [0.717, 1.165) is 21.2 Å². The van der Waals surface area contributed by atoms with Gasteiger partial charge in [0.1, 0.15) is 16.9 Å². The largest absolute Gasteiger partial charge is 0.207 e. The van der Waals surface area contributed by atoms with Crippen molar-refractivity contribution in [3.8, 4) is 5.69 Å². The smallest absolute Gasteiger partial charge is 0.123 e. The Hall–Kier alpha value is -1.75. The monoisotopic (exact) mass is 291 g/mol. The Morgan fingerprint density at radius 2 is 1.65 bits per heavy atom. The quantitative estimate of drug-likeness (QED) is 0.689. The highest BCUT2D eigenvalue weighted by molar-refractivity contribution is 9.10. The summed E-state index contributed by atoms with van der Waals surface area (Å²) in [6.07, 6.45) is 0. The zero-order chi connectivity index (χ0) is 11.8. The second-order valence-corrected chi connectivity index (χ2v) is 4.51. The number of fused-ring (bicyclic) bond motifs is 1. The van der Waals surface area contributed by atoms with Crippen molar-refractivity contribution < 1.29 is 4.39 Å². The fraction of sp³-hybridized carbons (Fsp3) is 0. The van der Waals surface area contributed by atoms with E-state index in [-0.39, 0.29) is 5.82 Å². The van der Waals surface area contributed by atoms with Crippen LogP contribution in [0.2, 0.25) is 0 Å². The molecule has 3 rings (SSSR count). The number of benzene rings is 2. The Kier molecular flexibility index (Phi) is 2.40. The van der Waals surface area contributed by atoms with Gasteiger partial charge in [0.15, 0.2) is 0 Å². The molecule has 84 valence electrons. The first kappa shape index (κ1) is 10.4. The highest BCUT2D eigenvalue weighted by atomic mass is 79.9. The average molecular weight is 292 g/mol. The minimum absolute atomic E-state index is 0.270. The third kappa shape index (κ3) is 1.93. The van der Waals surface area contributed by atoms with E-state index in [0.29, 0.717) is 0 Å². The molecule has 0 saturated carbocycles. The van der Waals surface area contributed by atoms with Crippen LogP contribution in [0, 0.1) is 5.82 Å². The van der Waals surface area contributed by atoms with Gasteiger partial charge in [0.2, 0.25) is 0 Å². The van der Waals surface area contributed by atoms with Crippen molar-refractivity contribution in [1.29, 1.82) is 0 Å². The maximum absolute atomic E-state index is 12.8. The maximum atomic E-state index is 12.8. The van der Waals surface area contributed by atoms with E-state index in [4.69, 9.17) is 0 Å². The number of hydrogen-bond acceptors (Lipinski definition) is 2. The summed E-state index contributed by atoms with van der Waals surface area (Å²) in [5.41, 5.74) is 2.33. The molecular formula is C12H7BrFN3. The first-order valence-electron chi connectivity index (χ1n) is 5.01. The number of rotatable bonds is 1. The summed E-state index contributed by atoms with van der Waals surface area (Å²) in [5.74, 6) is -0.270. The molecule has 0 saturated heterocycles. The molecule has 0 aliphatic carbocycles. The van der Waals surface area contributed by atoms with Crippen molar-refractivity contribution in [2.45, 2.75) is 0 Å². The Morgan fingerprint density at radius 1 is 0.941 bits per heavy atom. The van der Waals surface area contributed by atoms with Crippen LogP contribution in [0.3, 0.4) is 0 Å². The molecule has 2 aromatic carbocycles. The van der Waals surface area contributed by atoms with E-state index in [2.05, 4.69) is 26.1 Å². The number of aromatic nitrogens is 3. The molecule has 0 amide bonds. The van der Waals surface area contributed by atoms with Gasteiger partial charge in [-0.25, -0.2) is 4.39 Å². The van der Waals surface area contributed by atoms with E-state index >= 15 is 0 Å². The van der Waals surface area contributed by atoms with E-state index in [1.165, 1.54) is 16.9 Å². The lowest BCUT2D eigenvalue weighted by Gasteiger charge is -1.97. The number of hydrogen-bond donors (Lipinski definition) is 0. The molecule has 0 aliphatic rings. The molecule has 5 heteroatoms. The Bertz CT molecular complexity index is 676. The molecule has 3 aromatic rings. The SMILES string of the molecule is Fc1ccc(-n2nc3ccc(Br)cc3n2)cc1. The van der Waals surface area contributed by atoms with Crippen LogP contribution in [0.5, 0.6) is 0 Å². The fourth-order valence-corrected chi connectivity index (χ4v) is 1.93. The molecule has 3 nitrogen and oxygen atoms in total. The van der Waals surface area contributed by atoms with Crippen molar-refractivity contribution in [3.63, 3.8) is 0 Å². The highest BCUT2D eigenvalue weighted by Crippen LogP contribution is 2.17. The van der Waals surface area contributed by atoms with E-state index < -0.39 is 0 Å². The van der Waals surface area contributed by atoms with Gasteiger partial charge in [0.05, 0.1) is 5.69 Å². The topological polar surface area (TPSA) is 30.7 Å². The van der Waals surface area contributed by atoms with Crippen molar-refractivity contribution >= 4 is 27.0 Å². The Balaban J connectivity index is 2.14. The first-order valence-corrected chi connectivity index (χ1v) is 5.80. The third-order valence-electron chi connectivity index (χ3n) is 2.40. The zero-order valence-corrected chi connectivity index (χ0v) is 10.2. The lowest BCUT2D eigenvalue weighted by atomic mass is 10.3. The van der Waals surface area contributed by atoms with Gasteiger partial charge in [0.25, 0.3) is 0 Å². The van der Waals surface area contributed by atoms with Crippen LogP contribution in [0.25, 0.3) is 16.7 Å². The van der Waals surface area contributed by atoms with Crippen LogP contribution >= 0.6 is 15.9 Å². The molecule has 17 heavy (non-hydrogen) atoms. The summed E-state index contributed by atoms with van der Waals surface area (Å²) in [6.45, 7) is 0. The van der Waals surface area contributed by atoms with Crippen molar-refractivity contribution in [1.82, 2.24) is 15.0 Å². The van der Waals surface area contributed by atoms with Crippen molar-refractivity contribution in [2.75, 3.05) is 0 Å². The molecule has 0 radical (unpaired) electrons. The minimum atomic E-state index is -0.270. The highest BCUT2D eigenvalue weighted by Gasteiger charge is 2.04. The molecule has 0 aliphatic heterocycles. The van der Waals surface area contributed by atoms with E-state index in [1.54, 1.807) is 12.1 Å². The molecule has 0 bridgehead atoms. The molecule has 1 aromatic heterocycles. The molecule has 0 atom stereocenters. The van der Waals surface area contributed by atoms with Gasteiger partial charge in [-0.05, 0) is 42.5 Å². The van der Waals surface area contributed by atoms with Gasteiger partial charge in [-0.1, -0.05) is 15.9 Å². The predicted octanol–water partition coefficient (Wildman–Crippen LogP) is 3.32. The Morgan fingerprint density at radius 3 is 2.41 bits per heavy atom. The molecular weight excluding hydrogens is 285 g/mol. The molecule has 1 heterocycles. The van der Waals surface area contributed by atoms with Gasteiger partial charge in [-0.15, -0.1) is 10.2 Å². The lowest BCUT2D eigenvalue weighted by Crippen LogP contribution is -1.97. The summed E-state index contributed by atoms with van der Waals surface area (Å²) >= 11 is 3.38. The summed E-state index contributed by atoms with van der Waals surface area (Å²) in [5, 5.41) is 8.64. The van der Waals surface area contributed by atoms with Crippen LogP contribution in [0.4, 0.5) is 4.39 Å². The minimum Gasteiger partial charge on any atom is -0.207 e. The van der Waals surface area contributed by atoms with Crippen LogP contribution in [-0.4, -0.2) is 15.0 Å². The van der Waals surface area contributed by atoms with Crippen LogP contribution < -0.4 is 0 Å². The van der Waals surface area contributed by atoms with Crippen LogP contribution in [0.1, 0.15) is 0 Å². The lowest BCUT2D eigenvalue weighted by molar-refractivity contribution is 0.626. The zero-order valence-electron chi connectivity index (χ0n) is 8.64. The average Bonchev–Trinajstić information content (AvgIpc) is 2.72. The summed E-state index contributed by atoms with van der Waals surface area (Å²) < 4.78 is 13.8. The number of halogens is 2. The summed E-state index contributed by atoms with van der Waals surface area (Å²) in [7, 11) is 0. The maximum Gasteiger partial charge on any atom is 0.123 e. The molecule has 0 unspecified atom stereocenters. The van der Waals surface area contributed by atoms with Crippen LogP contribution in [-0.2, 0) is 0 Å². The molecule has 0 fully saturated rings. The third-order valence-corrected chi connectivity index (χ3v) is 2.89. The molecule has 0 spiro atoms. The van der Waals surface area contributed by atoms with E-state index in [9.17, 15) is 4.39 Å². The van der Waals surface area contributed by atoms with Gasteiger partial charge < -0.3 is 0 Å². The summed E-state index contributed by atoms with van der Waals surface area (Å²) in [6, 6.07) is 11.7. The van der Waals surface area contributed by atoms with Crippen LogP contribution in [0.15, 0.2) is 46.9 Å². The second kappa shape index (κ2) is 3.92. The van der Waals surface area contributed by atoms with Gasteiger partial charge in [0, 0.05) is 4.47 Å². The van der Waals surface area contributed by atoms with Gasteiger partial charge in [-0.2, -0.15) is 4.80 Å². The first-order chi connectivity index (χ1) is 8.22. The standard InChI is InChI=1S/C12H7BrFN3/c13-8-1-6-11-12(7-8)16-17(15-11)10-4-2-9(14)3-5-10/h1-7H. The number of nitrogens with zero attached hydrogens (tertiary/aromatic N) is 3. The van der Waals surface area contributed by atoms with Crippen molar-refractivity contribution in [3.05, 3.63) is 52.8 Å². The summed E-state index contributed by atoms with van der Waals surface area (Å²) in [4.78, 5) is 1.50. The Labute approximate surface area is 105 Å². The predicted molar refractivity (Wildman–Crippen MR) is 66.5 cm³/mol.